The number of phenols is 1. The van der Waals surface area contributed by atoms with Gasteiger partial charge in [0.2, 0.25) is 5.89 Å². The van der Waals surface area contributed by atoms with Crippen molar-refractivity contribution in [1.29, 1.82) is 0 Å². The number of anilines is 1. The molecule has 0 unspecified atom stereocenters. The third-order valence-corrected chi connectivity index (χ3v) is 5.56. The topological polar surface area (TPSA) is 87.4 Å². The Kier molecular flexibility index (Phi) is 5.92. The lowest BCUT2D eigenvalue weighted by molar-refractivity contribution is 0.0977. The highest BCUT2D eigenvalue weighted by molar-refractivity contribution is 14.1. The Morgan fingerprint density at radius 1 is 1.10 bits per heavy atom. The van der Waals surface area contributed by atoms with Crippen LogP contribution in [0.15, 0.2) is 59.0 Å². The molecule has 0 bridgehead atoms. The lowest BCUT2D eigenvalue weighted by Crippen LogP contribution is -2.34. The maximum Gasteiger partial charge on any atom is 0.257 e. The summed E-state index contributed by atoms with van der Waals surface area (Å²) < 4.78 is 6.95. The standard InChI is InChI=1S/C23H18IN3O3S/c1-12-9-13(2)20-18(10-12)26-22(30-20)17-11-16(7-8-19(17)28)25-23(31)27-21(29)14-3-5-15(24)6-4-14/h3-11,28H,1-2H3,(H2,25,27,29,31). The van der Waals surface area contributed by atoms with Crippen molar-refractivity contribution in [2.45, 2.75) is 13.8 Å². The number of amides is 1. The van der Waals surface area contributed by atoms with Crippen molar-refractivity contribution >= 4 is 62.6 Å². The second-order valence-electron chi connectivity index (χ2n) is 7.10. The number of nitrogens with one attached hydrogen (secondary N) is 2. The summed E-state index contributed by atoms with van der Waals surface area (Å²) in [5, 5.41) is 16.1. The largest absolute Gasteiger partial charge is 0.507 e. The summed E-state index contributed by atoms with van der Waals surface area (Å²) in [6.45, 7) is 3.95. The first-order chi connectivity index (χ1) is 14.8. The zero-order valence-electron chi connectivity index (χ0n) is 16.7. The number of hydrogen-bond acceptors (Lipinski definition) is 5. The van der Waals surface area contributed by atoms with Gasteiger partial charge in [0.25, 0.3) is 5.91 Å². The Balaban J connectivity index is 1.55. The highest BCUT2D eigenvalue weighted by Gasteiger charge is 2.15. The molecule has 3 N–H and O–H groups in total. The average molecular weight is 543 g/mol. The maximum absolute atomic E-state index is 12.4. The predicted octanol–water partition coefficient (Wildman–Crippen LogP) is 5.55. The molecule has 4 aromatic rings. The van der Waals surface area contributed by atoms with E-state index < -0.39 is 0 Å². The van der Waals surface area contributed by atoms with E-state index in [2.05, 4.69) is 38.2 Å². The number of halogens is 1. The number of aromatic nitrogens is 1. The molecule has 1 amide bonds. The molecule has 0 radical (unpaired) electrons. The van der Waals surface area contributed by atoms with Crippen LogP contribution in [0.3, 0.4) is 0 Å². The number of carbonyl (C=O) groups is 1. The smallest absolute Gasteiger partial charge is 0.257 e. The Morgan fingerprint density at radius 2 is 1.84 bits per heavy atom. The van der Waals surface area contributed by atoms with Crippen molar-refractivity contribution in [1.82, 2.24) is 10.3 Å². The van der Waals surface area contributed by atoms with E-state index in [0.29, 0.717) is 28.3 Å². The molecule has 0 aliphatic heterocycles. The molecule has 1 heterocycles. The molecule has 0 saturated heterocycles. The summed E-state index contributed by atoms with van der Waals surface area (Å²) in [4.78, 5) is 16.9. The van der Waals surface area contributed by atoms with Crippen molar-refractivity contribution in [2.75, 3.05) is 5.32 Å². The summed E-state index contributed by atoms with van der Waals surface area (Å²) in [6, 6.07) is 16.0. The Hall–Kier alpha value is -2.98. The third-order valence-electron chi connectivity index (χ3n) is 4.64. The first kappa shape index (κ1) is 21.3. The van der Waals surface area contributed by atoms with E-state index in [1.165, 1.54) is 6.07 Å². The molecule has 156 valence electrons. The fourth-order valence-corrected chi connectivity index (χ4v) is 3.79. The van der Waals surface area contributed by atoms with Crippen LogP contribution in [0.1, 0.15) is 21.5 Å². The van der Waals surface area contributed by atoms with Gasteiger partial charge >= 0.3 is 0 Å². The number of oxazole rings is 1. The molecule has 31 heavy (non-hydrogen) atoms. The van der Waals surface area contributed by atoms with Crippen molar-refractivity contribution in [3.63, 3.8) is 0 Å². The molecular formula is C23H18IN3O3S. The monoisotopic (exact) mass is 543 g/mol. The maximum atomic E-state index is 12.4. The Bertz CT molecular complexity index is 1320. The highest BCUT2D eigenvalue weighted by atomic mass is 127. The van der Waals surface area contributed by atoms with E-state index in [4.69, 9.17) is 16.6 Å². The summed E-state index contributed by atoms with van der Waals surface area (Å²) in [6.07, 6.45) is 0. The van der Waals surface area contributed by atoms with Crippen molar-refractivity contribution < 1.29 is 14.3 Å². The fraction of sp³-hybridized carbons (Fsp3) is 0.0870. The minimum atomic E-state index is -0.308. The summed E-state index contributed by atoms with van der Waals surface area (Å²) in [7, 11) is 0. The number of benzene rings is 3. The number of thiocarbonyl (C=S) groups is 1. The number of hydrogen-bond donors (Lipinski definition) is 3. The van der Waals surface area contributed by atoms with Gasteiger partial charge in [0, 0.05) is 14.8 Å². The van der Waals surface area contributed by atoms with E-state index in [9.17, 15) is 9.90 Å². The molecule has 0 aliphatic rings. The van der Waals surface area contributed by atoms with Gasteiger partial charge in [-0.2, -0.15) is 0 Å². The number of nitrogens with zero attached hydrogens (tertiary/aromatic N) is 1. The van der Waals surface area contributed by atoms with Crippen LogP contribution >= 0.6 is 34.8 Å². The third kappa shape index (κ3) is 4.70. The van der Waals surface area contributed by atoms with E-state index in [0.717, 1.165) is 20.2 Å². The van der Waals surface area contributed by atoms with Crippen molar-refractivity contribution in [2.24, 2.45) is 0 Å². The number of rotatable bonds is 3. The molecule has 6 nitrogen and oxygen atoms in total. The second-order valence-corrected chi connectivity index (χ2v) is 8.75. The van der Waals surface area contributed by atoms with Gasteiger partial charge < -0.3 is 14.8 Å². The zero-order chi connectivity index (χ0) is 22.1. The lowest BCUT2D eigenvalue weighted by Gasteiger charge is -2.11. The Labute approximate surface area is 197 Å². The lowest BCUT2D eigenvalue weighted by atomic mass is 10.1. The zero-order valence-corrected chi connectivity index (χ0v) is 19.7. The number of phenolic OH excluding ortho intramolecular Hbond substituents is 1. The van der Waals surface area contributed by atoms with Crippen LogP contribution in [-0.2, 0) is 0 Å². The SMILES string of the molecule is Cc1cc(C)c2oc(-c3cc(NC(=S)NC(=O)c4ccc(I)cc4)ccc3O)nc2c1. The van der Waals surface area contributed by atoms with Crippen LogP contribution < -0.4 is 10.6 Å². The van der Waals surface area contributed by atoms with Crippen LogP contribution in [-0.4, -0.2) is 21.1 Å². The molecule has 0 fully saturated rings. The normalized spacial score (nSPS) is 10.8. The molecule has 1 aromatic heterocycles. The minimum absolute atomic E-state index is 0.0281. The van der Waals surface area contributed by atoms with E-state index in [1.807, 2.05) is 38.1 Å². The van der Waals surface area contributed by atoms with Gasteiger partial charge in [0.15, 0.2) is 10.7 Å². The van der Waals surface area contributed by atoms with Gasteiger partial charge in [-0.1, -0.05) is 6.07 Å². The van der Waals surface area contributed by atoms with E-state index in [1.54, 1.807) is 24.3 Å². The van der Waals surface area contributed by atoms with Gasteiger partial charge in [0.05, 0.1) is 5.56 Å². The predicted molar refractivity (Wildman–Crippen MR) is 133 cm³/mol. The molecule has 3 aromatic carbocycles. The van der Waals surface area contributed by atoms with Crippen LogP contribution in [0.5, 0.6) is 5.75 Å². The summed E-state index contributed by atoms with van der Waals surface area (Å²) in [5.41, 5.74) is 4.97. The van der Waals surface area contributed by atoms with Crippen LogP contribution in [0, 0.1) is 17.4 Å². The minimum Gasteiger partial charge on any atom is -0.507 e. The quantitative estimate of drug-likeness (QED) is 0.179. The molecule has 0 saturated carbocycles. The van der Waals surface area contributed by atoms with E-state index >= 15 is 0 Å². The van der Waals surface area contributed by atoms with Crippen LogP contribution in [0.4, 0.5) is 5.69 Å². The van der Waals surface area contributed by atoms with Crippen molar-refractivity contribution in [3.05, 3.63) is 74.9 Å². The first-order valence-electron chi connectivity index (χ1n) is 9.39. The molecule has 0 atom stereocenters. The molecule has 0 aliphatic carbocycles. The van der Waals surface area contributed by atoms with E-state index in [-0.39, 0.29) is 16.8 Å². The first-order valence-corrected chi connectivity index (χ1v) is 10.9. The number of aryl methyl sites for hydroxylation is 2. The Morgan fingerprint density at radius 3 is 2.58 bits per heavy atom. The number of fused-ring (bicyclic) bond motifs is 1. The van der Waals surface area contributed by atoms with Gasteiger partial charge in [0.1, 0.15) is 11.3 Å². The van der Waals surface area contributed by atoms with Crippen LogP contribution in [0.2, 0.25) is 0 Å². The second kappa shape index (κ2) is 8.64. The summed E-state index contributed by atoms with van der Waals surface area (Å²) >= 11 is 7.44. The molecule has 0 spiro atoms. The fourth-order valence-electron chi connectivity index (χ4n) is 3.22. The van der Waals surface area contributed by atoms with Crippen molar-refractivity contribution in [3.8, 4) is 17.2 Å². The number of carbonyl (C=O) groups excluding carboxylic acids is 1. The number of aromatic hydroxyl groups is 1. The van der Waals surface area contributed by atoms with Gasteiger partial charge in [-0.3, -0.25) is 10.1 Å². The van der Waals surface area contributed by atoms with Crippen LogP contribution in [0.25, 0.3) is 22.6 Å². The van der Waals surface area contributed by atoms with Gasteiger partial charge in [-0.25, -0.2) is 4.98 Å². The highest BCUT2D eigenvalue weighted by Crippen LogP contribution is 2.34. The molecule has 8 heteroatoms. The average Bonchev–Trinajstić information content (AvgIpc) is 3.14. The van der Waals surface area contributed by atoms with Gasteiger partial charge in [-0.05, 0) is 108 Å². The summed E-state index contributed by atoms with van der Waals surface area (Å²) in [5.74, 6) is 0.0247. The molecule has 4 rings (SSSR count). The molecular weight excluding hydrogens is 525 g/mol. The van der Waals surface area contributed by atoms with Gasteiger partial charge in [-0.15, -0.1) is 0 Å².